The van der Waals surface area contributed by atoms with E-state index in [1.807, 2.05) is 6.07 Å². The van der Waals surface area contributed by atoms with Gasteiger partial charge in [0.2, 0.25) is 5.91 Å². The summed E-state index contributed by atoms with van der Waals surface area (Å²) in [6.45, 7) is 5.43. The van der Waals surface area contributed by atoms with E-state index in [9.17, 15) is 14.4 Å². The van der Waals surface area contributed by atoms with Crippen LogP contribution >= 0.6 is 0 Å². The van der Waals surface area contributed by atoms with Crippen LogP contribution < -0.4 is 21.3 Å². The summed E-state index contributed by atoms with van der Waals surface area (Å²) in [6, 6.07) is 12.8. The molecule has 0 saturated heterocycles. The molecule has 2 aromatic rings. The lowest BCUT2D eigenvalue weighted by atomic mass is 10.1. The van der Waals surface area contributed by atoms with Crippen molar-refractivity contribution in [1.82, 2.24) is 5.32 Å². The molecule has 0 saturated carbocycles. The molecule has 0 aliphatic heterocycles. The van der Waals surface area contributed by atoms with Crippen LogP contribution in [0.5, 0.6) is 0 Å². The number of carbonyl (C=O) groups is 3. The molecule has 0 radical (unpaired) electrons. The monoisotopic (exact) mass is 384 g/mol. The van der Waals surface area contributed by atoms with Crippen LogP contribution in [0.15, 0.2) is 48.5 Å². The van der Waals surface area contributed by atoms with Gasteiger partial charge in [-0.2, -0.15) is 0 Å². The Morgan fingerprint density at radius 1 is 0.964 bits per heavy atom. The first-order valence-corrected chi connectivity index (χ1v) is 8.87. The summed E-state index contributed by atoms with van der Waals surface area (Å²) in [5.74, 6) is -0.489. The van der Waals surface area contributed by atoms with Gasteiger partial charge in [0.1, 0.15) is 6.04 Å². The standard InChI is InChI=1S/C20H24N4O4/c1-4-28-20(27)23-17-12-8-11-16(13(17)2)21-14(3)18(25)24-19(26)22-15-9-6-5-7-10-15/h5-12,14,21H,4H2,1-3H3,(H,23,27)(H2,22,24,25,26). The summed E-state index contributed by atoms with van der Waals surface area (Å²) in [5.41, 5.74) is 2.55. The number of hydrogen-bond acceptors (Lipinski definition) is 5. The highest BCUT2D eigenvalue weighted by Gasteiger charge is 2.17. The molecule has 0 aliphatic rings. The van der Waals surface area contributed by atoms with E-state index in [-0.39, 0.29) is 6.61 Å². The van der Waals surface area contributed by atoms with E-state index >= 15 is 0 Å². The van der Waals surface area contributed by atoms with Gasteiger partial charge in [0.05, 0.1) is 6.61 Å². The van der Waals surface area contributed by atoms with Crippen molar-refractivity contribution < 1.29 is 19.1 Å². The molecule has 1 unspecified atom stereocenters. The van der Waals surface area contributed by atoms with Crippen molar-refractivity contribution in [2.45, 2.75) is 26.8 Å². The minimum absolute atomic E-state index is 0.269. The number of hydrogen-bond donors (Lipinski definition) is 4. The highest BCUT2D eigenvalue weighted by Crippen LogP contribution is 2.24. The molecule has 4 N–H and O–H groups in total. The predicted molar refractivity (Wildman–Crippen MR) is 109 cm³/mol. The van der Waals surface area contributed by atoms with Gasteiger partial charge in [-0.25, -0.2) is 9.59 Å². The van der Waals surface area contributed by atoms with E-state index in [0.717, 1.165) is 5.56 Å². The number of rotatable bonds is 6. The lowest BCUT2D eigenvalue weighted by Crippen LogP contribution is -2.43. The molecule has 28 heavy (non-hydrogen) atoms. The number of ether oxygens (including phenoxy) is 1. The third-order valence-corrected chi connectivity index (χ3v) is 3.88. The number of carbonyl (C=O) groups excluding carboxylic acids is 3. The number of amides is 4. The fourth-order valence-electron chi connectivity index (χ4n) is 2.41. The van der Waals surface area contributed by atoms with Crippen molar-refractivity contribution in [1.29, 1.82) is 0 Å². The summed E-state index contributed by atoms with van der Waals surface area (Å²) in [6.07, 6.45) is -0.550. The number of nitrogens with one attached hydrogen (secondary N) is 4. The highest BCUT2D eigenvalue weighted by molar-refractivity contribution is 6.03. The average molecular weight is 384 g/mol. The highest BCUT2D eigenvalue weighted by atomic mass is 16.5. The quantitative estimate of drug-likeness (QED) is 0.607. The lowest BCUT2D eigenvalue weighted by Gasteiger charge is -2.18. The molecule has 2 aromatic carbocycles. The molecule has 0 heterocycles. The zero-order valence-corrected chi connectivity index (χ0v) is 16.0. The molecule has 8 heteroatoms. The Morgan fingerprint density at radius 2 is 1.64 bits per heavy atom. The molecular formula is C20H24N4O4. The van der Waals surface area contributed by atoms with Gasteiger partial charge in [-0.1, -0.05) is 24.3 Å². The zero-order chi connectivity index (χ0) is 20.5. The molecule has 148 valence electrons. The van der Waals surface area contributed by atoms with E-state index in [1.165, 1.54) is 0 Å². The van der Waals surface area contributed by atoms with Crippen molar-refractivity contribution in [2.24, 2.45) is 0 Å². The number of para-hydroxylation sites is 1. The number of benzene rings is 2. The molecule has 0 aliphatic carbocycles. The maximum absolute atomic E-state index is 12.3. The fourth-order valence-corrected chi connectivity index (χ4v) is 2.41. The van der Waals surface area contributed by atoms with Crippen molar-refractivity contribution in [3.05, 3.63) is 54.1 Å². The largest absolute Gasteiger partial charge is 0.450 e. The summed E-state index contributed by atoms with van der Waals surface area (Å²) >= 11 is 0. The van der Waals surface area contributed by atoms with Gasteiger partial charge >= 0.3 is 12.1 Å². The van der Waals surface area contributed by atoms with Crippen molar-refractivity contribution >= 4 is 35.1 Å². The number of urea groups is 1. The van der Waals surface area contributed by atoms with Crippen molar-refractivity contribution in [2.75, 3.05) is 22.6 Å². The minimum atomic E-state index is -0.682. The van der Waals surface area contributed by atoms with Crippen LogP contribution in [0, 0.1) is 6.92 Å². The molecular weight excluding hydrogens is 360 g/mol. The van der Waals surface area contributed by atoms with Crippen LogP contribution in [0.4, 0.5) is 26.7 Å². The summed E-state index contributed by atoms with van der Waals surface area (Å²) < 4.78 is 4.87. The topological polar surface area (TPSA) is 109 Å². The van der Waals surface area contributed by atoms with Crippen LogP contribution in [0.25, 0.3) is 0 Å². The SMILES string of the molecule is CCOC(=O)Nc1cccc(NC(C)C(=O)NC(=O)Nc2ccccc2)c1C. The molecule has 8 nitrogen and oxygen atoms in total. The molecule has 0 aromatic heterocycles. The molecule has 1 atom stereocenters. The van der Waals surface area contributed by atoms with Gasteiger partial charge in [0.15, 0.2) is 0 Å². The van der Waals surface area contributed by atoms with E-state index < -0.39 is 24.1 Å². The number of anilines is 3. The van der Waals surface area contributed by atoms with Crippen LogP contribution in [0.1, 0.15) is 19.4 Å². The van der Waals surface area contributed by atoms with Gasteiger partial charge in [-0.05, 0) is 50.6 Å². The predicted octanol–water partition coefficient (Wildman–Crippen LogP) is 3.71. The van der Waals surface area contributed by atoms with Crippen LogP contribution in [0.2, 0.25) is 0 Å². The zero-order valence-electron chi connectivity index (χ0n) is 16.0. The Labute approximate surface area is 163 Å². The maximum Gasteiger partial charge on any atom is 0.411 e. The van der Waals surface area contributed by atoms with E-state index in [4.69, 9.17) is 4.74 Å². The third-order valence-electron chi connectivity index (χ3n) is 3.88. The Hall–Kier alpha value is -3.55. The molecule has 4 amide bonds. The second kappa shape index (κ2) is 9.96. The smallest absolute Gasteiger partial charge is 0.411 e. The summed E-state index contributed by atoms with van der Waals surface area (Å²) in [5, 5.41) is 10.6. The molecule has 2 rings (SSSR count). The first kappa shape index (κ1) is 20.8. The van der Waals surface area contributed by atoms with Crippen LogP contribution in [-0.4, -0.2) is 30.7 Å². The fraction of sp³-hybridized carbons (Fsp3) is 0.250. The third kappa shape index (κ3) is 6.01. The second-order valence-electron chi connectivity index (χ2n) is 6.00. The van der Waals surface area contributed by atoms with Crippen molar-refractivity contribution in [3.8, 4) is 0 Å². The van der Waals surface area contributed by atoms with E-state index in [1.54, 1.807) is 63.2 Å². The molecule has 0 bridgehead atoms. The average Bonchev–Trinajstić information content (AvgIpc) is 2.65. The normalized spacial score (nSPS) is 11.1. The minimum Gasteiger partial charge on any atom is -0.450 e. The van der Waals surface area contributed by atoms with E-state index in [2.05, 4.69) is 21.3 Å². The van der Waals surface area contributed by atoms with Gasteiger partial charge in [-0.3, -0.25) is 15.4 Å². The first-order valence-electron chi connectivity index (χ1n) is 8.87. The Kier molecular flexibility index (Phi) is 7.38. The Balaban J connectivity index is 1.96. The van der Waals surface area contributed by atoms with Crippen molar-refractivity contribution in [3.63, 3.8) is 0 Å². The lowest BCUT2D eigenvalue weighted by molar-refractivity contribution is -0.120. The van der Waals surface area contributed by atoms with Crippen LogP contribution in [0.3, 0.4) is 0 Å². The van der Waals surface area contributed by atoms with E-state index in [0.29, 0.717) is 17.1 Å². The van der Waals surface area contributed by atoms with Gasteiger partial charge in [0.25, 0.3) is 0 Å². The Morgan fingerprint density at radius 3 is 2.32 bits per heavy atom. The van der Waals surface area contributed by atoms with Gasteiger partial charge in [-0.15, -0.1) is 0 Å². The first-order chi connectivity index (χ1) is 13.4. The molecule has 0 spiro atoms. The van der Waals surface area contributed by atoms with Gasteiger partial charge in [0, 0.05) is 17.1 Å². The summed E-state index contributed by atoms with van der Waals surface area (Å²) in [7, 11) is 0. The number of imide groups is 1. The van der Waals surface area contributed by atoms with Crippen LogP contribution in [-0.2, 0) is 9.53 Å². The Bertz CT molecular complexity index is 839. The second-order valence-corrected chi connectivity index (χ2v) is 6.00. The summed E-state index contributed by atoms with van der Waals surface area (Å²) in [4.78, 5) is 35.8. The van der Waals surface area contributed by atoms with Gasteiger partial charge < -0.3 is 15.4 Å². The molecule has 0 fully saturated rings. The maximum atomic E-state index is 12.3.